The Hall–Kier alpha value is -1.95. The van der Waals surface area contributed by atoms with Crippen LogP contribution >= 0.6 is 0 Å². The molecule has 1 saturated heterocycles. The molecule has 0 spiro atoms. The minimum Gasteiger partial charge on any atom is -0.461 e. The van der Waals surface area contributed by atoms with Gasteiger partial charge in [0.05, 0.1) is 37.9 Å². The first-order valence-corrected chi connectivity index (χ1v) is 18.5. The molecule has 5 heteroatoms. The van der Waals surface area contributed by atoms with Crippen LogP contribution in [0.4, 0.5) is 0 Å². The number of carbonyl (C=O) groups is 1. The summed E-state index contributed by atoms with van der Waals surface area (Å²) in [5.41, 5.74) is 3.06. The summed E-state index contributed by atoms with van der Waals surface area (Å²) in [6.07, 6.45) is 8.84. The van der Waals surface area contributed by atoms with Gasteiger partial charge < -0.3 is 18.9 Å². The normalized spacial score (nSPS) is 43.2. The molecule has 1 heterocycles. The minimum atomic E-state index is -0.226. The lowest BCUT2D eigenvalue weighted by atomic mass is 9.34. The maximum Gasteiger partial charge on any atom is 0.310 e. The van der Waals surface area contributed by atoms with Crippen LogP contribution in [0, 0.1) is 56.7 Å². The fourth-order valence-corrected chi connectivity index (χ4v) is 12.1. The molecule has 0 radical (unpaired) electrons. The third-order valence-electron chi connectivity index (χ3n) is 15.1. The molecule has 1 aromatic rings. The zero-order valence-electron chi connectivity index (χ0n) is 30.8. The van der Waals surface area contributed by atoms with E-state index in [-0.39, 0.29) is 51.2 Å². The van der Waals surface area contributed by atoms with Crippen LogP contribution in [-0.2, 0) is 30.3 Å². The lowest BCUT2D eigenvalue weighted by Crippen LogP contribution is -2.70. The number of hydrogen-bond acceptors (Lipinski definition) is 5. The van der Waals surface area contributed by atoms with Gasteiger partial charge in [-0.1, -0.05) is 103 Å². The van der Waals surface area contributed by atoms with Gasteiger partial charge in [-0.2, -0.15) is 0 Å². The second-order valence-electron chi connectivity index (χ2n) is 17.8. The Morgan fingerprint density at radius 3 is 2.40 bits per heavy atom. The fourth-order valence-electron chi connectivity index (χ4n) is 12.1. The molecule has 47 heavy (non-hydrogen) atoms. The van der Waals surface area contributed by atoms with Crippen molar-refractivity contribution in [3.8, 4) is 0 Å². The third-order valence-corrected chi connectivity index (χ3v) is 15.1. The molecule has 0 amide bonds. The number of hydrogen-bond donors (Lipinski definition) is 0. The first kappa shape index (κ1) is 34.9. The van der Waals surface area contributed by atoms with Crippen molar-refractivity contribution in [2.75, 3.05) is 26.9 Å². The average Bonchev–Trinajstić information content (AvgIpc) is 3.03. The van der Waals surface area contributed by atoms with Gasteiger partial charge in [-0.05, 0) is 90.9 Å². The minimum absolute atomic E-state index is 0.00233. The second kappa shape index (κ2) is 12.4. The highest BCUT2D eigenvalue weighted by Gasteiger charge is 2.72. The van der Waals surface area contributed by atoms with Crippen molar-refractivity contribution in [3.63, 3.8) is 0 Å². The van der Waals surface area contributed by atoms with Crippen LogP contribution in [0.15, 0.2) is 54.1 Å². The lowest BCUT2D eigenvalue weighted by molar-refractivity contribution is -0.265. The van der Waals surface area contributed by atoms with Gasteiger partial charge in [0, 0.05) is 17.9 Å². The molecule has 5 aliphatic rings. The zero-order chi connectivity index (χ0) is 34.0. The van der Waals surface area contributed by atoms with Gasteiger partial charge in [0.25, 0.3) is 0 Å². The number of methoxy groups -OCH3 is 1. The van der Waals surface area contributed by atoms with E-state index in [9.17, 15) is 4.79 Å². The van der Waals surface area contributed by atoms with Crippen molar-refractivity contribution in [1.29, 1.82) is 0 Å². The highest BCUT2D eigenvalue weighted by atomic mass is 16.5. The zero-order valence-corrected chi connectivity index (χ0v) is 30.8. The number of esters is 1. The Bertz CT molecular complexity index is 1370. The predicted molar refractivity (Wildman–Crippen MR) is 188 cm³/mol. The van der Waals surface area contributed by atoms with E-state index < -0.39 is 0 Å². The first-order chi connectivity index (χ1) is 22.2. The van der Waals surface area contributed by atoms with E-state index in [0.717, 1.165) is 56.3 Å². The average molecular weight is 647 g/mol. The summed E-state index contributed by atoms with van der Waals surface area (Å²) in [6, 6.07) is 10.1. The van der Waals surface area contributed by atoms with E-state index in [1.54, 1.807) is 5.57 Å². The Morgan fingerprint density at radius 2 is 1.74 bits per heavy atom. The molecule has 0 N–H and O–H groups in total. The van der Waals surface area contributed by atoms with Gasteiger partial charge in [-0.3, -0.25) is 4.79 Å². The van der Waals surface area contributed by atoms with Crippen LogP contribution in [-0.4, -0.2) is 45.1 Å². The third kappa shape index (κ3) is 5.23. The molecular weight excluding hydrogens is 584 g/mol. The van der Waals surface area contributed by atoms with Crippen LogP contribution < -0.4 is 0 Å². The van der Waals surface area contributed by atoms with E-state index in [1.165, 1.54) is 0 Å². The Balaban J connectivity index is 1.40. The molecule has 4 aliphatic carbocycles. The van der Waals surface area contributed by atoms with Gasteiger partial charge in [0.1, 0.15) is 6.61 Å². The number of carbonyl (C=O) groups excluding carboxylic acids is 1. The summed E-state index contributed by atoms with van der Waals surface area (Å²) in [7, 11) is 1.86. The standard InChI is InChI=1S/C42H62O5/c1-27(2)23-46-36-33(44-10)22-42-26-45-25-39(36,7)34(42)17-16-31-32(42)18-19-41(9)35(37(43)47-24-30-14-12-11-13-15-30)38(6,29(5)28(3)4)20-21-40(31,41)8/h11-15,18,28-29,31,33-36H,1,16-17,19-26H2,2-10H3/t29-,31+,33-,34+,35-,36+,38-,39-,40-,41+,42+/m1/s1. The van der Waals surface area contributed by atoms with Crippen LogP contribution in [0.3, 0.4) is 0 Å². The summed E-state index contributed by atoms with van der Waals surface area (Å²) < 4.78 is 25.9. The van der Waals surface area contributed by atoms with E-state index in [0.29, 0.717) is 43.5 Å². The SMILES string of the molecule is C=C(C)CO[C@H]1[C@H](OC)C[C@@]23COC[C@]1(C)[C@@H]2CC[C@H]1C3=CC[C@@]2(C)[C@H](C(=O)OCc3ccccc3)[C@@](C)([C@H](C)C(C)C)CC[C@]12C. The second-order valence-corrected chi connectivity index (χ2v) is 17.8. The number of benzene rings is 1. The first-order valence-electron chi connectivity index (χ1n) is 18.5. The number of allylic oxidation sites excluding steroid dienone is 1. The number of rotatable bonds is 9. The van der Waals surface area contributed by atoms with Gasteiger partial charge in [0.2, 0.25) is 0 Å². The number of fused-ring (bicyclic) bond motifs is 3. The largest absolute Gasteiger partial charge is 0.461 e. The van der Waals surface area contributed by atoms with Crippen molar-refractivity contribution in [1.82, 2.24) is 0 Å². The number of ether oxygens (including phenoxy) is 4. The summed E-state index contributed by atoms with van der Waals surface area (Å²) in [6.45, 7) is 25.3. The highest BCUT2D eigenvalue weighted by Crippen LogP contribution is 2.75. The molecule has 4 fully saturated rings. The van der Waals surface area contributed by atoms with E-state index in [1.807, 2.05) is 32.2 Å². The molecule has 1 aliphatic heterocycles. The maximum absolute atomic E-state index is 14.6. The monoisotopic (exact) mass is 646 g/mol. The van der Waals surface area contributed by atoms with Crippen molar-refractivity contribution in [2.24, 2.45) is 56.7 Å². The van der Waals surface area contributed by atoms with Crippen LogP contribution in [0.1, 0.15) is 99.5 Å². The molecule has 2 bridgehead atoms. The summed E-state index contributed by atoms with van der Waals surface area (Å²) in [4.78, 5) is 14.6. The summed E-state index contributed by atoms with van der Waals surface area (Å²) in [5, 5.41) is 0. The fraction of sp³-hybridized carbons (Fsp3) is 0.738. The quantitative estimate of drug-likeness (QED) is 0.198. The molecule has 11 atom stereocenters. The molecule has 1 aromatic carbocycles. The molecule has 0 unspecified atom stereocenters. The van der Waals surface area contributed by atoms with Crippen molar-refractivity contribution >= 4 is 5.97 Å². The Morgan fingerprint density at radius 1 is 1.02 bits per heavy atom. The smallest absolute Gasteiger partial charge is 0.310 e. The molecular formula is C42H62O5. The summed E-state index contributed by atoms with van der Waals surface area (Å²) in [5.74, 6) is 1.55. The van der Waals surface area contributed by atoms with Gasteiger partial charge in [-0.15, -0.1) is 0 Å². The van der Waals surface area contributed by atoms with Gasteiger partial charge in [-0.25, -0.2) is 0 Å². The van der Waals surface area contributed by atoms with Crippen molar-refractivity contribution in [2.45, 2.75) is 113 Å². The Kier molecular flexibility index (Phi) is 9.23. The maximum atomic E-state index is 14.6. The molecule has 6 rings (SSSR count). The lowest BCUT2D eigenvalue weighted by Gasteiger charge is -2.71. The van der Waals surface area contributed by atoms with Crippen molar-refractivity contribution < 1.29 is 23.7 Å². The van der Waals surface area contributed by atoms with E-state index >= 15 is 0 Å². The molecule has 5 nitrogen and oxygen atoms in total. The van der Waals surface area contributed by atoms with Gasteiger partial charge >= 0.3 is 5.97 Å². The highest BCUT2D eigenvalue weighted by molar-refractivity contribution is 5.75. The summed E-state index contributed by atoms with van der Waals surface area (Å²) >= 11 is 0. The van der Waals surface area contributed by atoms with Crippen LogP contribution in [0.25, 0.3) is 0 Å². The van der Waals surface area contributed by atoms with Crippen LogP contribution in [0.5, 0.6) is 0 Å². The van der Waals surface area contributed by atoms with Crippen molar-refractivity contribution in [3.05, 3.63) is 59.7 Å². The molecule has 260 valence electrons. The Labute approximate surface area is 285 Å². The molecule has 0 aromatic heterocycles. The van der Waals surface area contributed by atoms with Gasteiger partial charge in [0.15, 0.2) is 0 Å². The van der Waals surface area contributed by atoms with E-state index in [2.05, 4.69) is 73.3 Å². The van der Waals surface area contributed by atoms with Crippen LogP contribution in [0.2, 0.25) is 0 Å². The van der Waals surface area contributed by atoms with E-state index in [4.69, 9.17) is 18.9 Å². The topological polar surface area (TPSA) is 54.0 Å². The molecule has 3 saturated carbocycles. The predicted octanol–water partition coefficient (Wildman–Crippen LogP) is 9.21.